The maximum Gasteiger partial charge on any atom is 0.416 e. The van der Waals surface area contributed by atoms with E-state index in [1.165, 1.54) is 12.1 Å². The lowest BCUT2D eigenvalue weighted by molar-refractivity contribution is -0.137. The number of amides is 1. The Morgan fingerprint density at radius 3 is 2.70 bits per heavy atom. The number of rotatable bonds is 5. The Hall–Kier alpha value is -3.54. The van der Waals surface area contributed by atoms with Crippen LogP contribution >= 0.6 is 0 Å². The van der Waals surface area contributed by atoms with Crippen molar-refractivity contribution in [2.24, 2.45) is 13.0 Å². The van der Waals surface area contributed by atoms with Crippen molar-refractivity contribution < 1.29 is 22.7 Å². The van der Waals surface area contributed by atoms with Crippen LogP contribution < -0.4 is 10.1 Å². The van der Waals surface area contributed by atoms with E-state index >= 15 is 0 Å². The van der Waals surface area contributed by atoms with Crippen molar-refractivity contribution in [2.45, 2.75) is 18.5 Å². The zero-order valence-electron chi connectivity index (χ0n) is 15.9. The molecule has 0 unspecified atom stereocenters. The Balaban J connectivity index is 1.61. The number of fused-ring (bicyclic) bond motifs is 1. The molecule has 0 saturated heterocycles. The van der Waals surface area contributed by atoms with E-state index in [9.17, 15) is 18.0 Å². The van der Waals surface area contributed by atoms with Crippen molar-refractivity contribution in [2.75, 3.05) is 6.54 Å². The number of hydrogen-bond acceptors (Lipinski definition) is 4. The summed E-state index contributed by atoms with van der Waals surface area (Å²) in [6, 6.07) is 9.89. The number of alkyl halides is 3. The van der Waals surface area contributed by atoms with Gasteiger partial charge in [-0.1, -0.05) is 0 Å². The summed E-state index contributed by atoms with van der Waals surface area (Å²) in [5.74, 6) is 0.242. The van der Waals surface area contributed by atoms with Gasteiger partial charge in [0.05, 0.1) is 17.1 Å². The third kappa shape index (κ3) is 3.94. The molecule has 1 aromatic heterocycles. The van der Waals surface area contributed by atoms with Gasteiger partial charge in [-0.25, -0.2) is 0 Å². The molecule has 1 N–H and O–H groups in total. The summed E-state index contributed by atoms with van der Waals surface area (Å²) >= 11 is 0. The van der Waals surface area contributed by atoms with Crippen LogP contribution in [0.15, 0.2) is 42.6 Å². The Kier molecular flexibility index (Phi) is 4.86. The summed E-state index contributed by atoms with van der Waals surface area (Å²) in [6.07, 6.45) is -1.97. The number of halogens is 3. The number of aryl methyl sites for hydroxylation is 1. The molecule has 2 aromatic carbocycles. The number of hydrogen-bond donors (Lipinski definition) is 1. The van der Waals surface area contributed by atoms with Crippen molar-refractivity contribution in [3.63, 3.8) is 0 Å². The predicted octanol–water partition coefficient (Wildman–Crippen LogP) is 4.13. The molecular weight excluding hydrogens is 397 g/mol. The maximum atomic E-state index is 12.8. The van der Waals surface area contributed by atoms with E-state index in [2.05, 4.69) is 10.4 Å². The number of nitrogens with one attached hydrogen (secondary N) is 1. The molecule has 9 heteroatoms. The average Bonchev–Trinajstić information content (AvgIpc) is 3.40. The predicted molar refractivity (Wildman–Crippen MR) is 102 cm³/mol. The molecule has 1 fully saturated rings. The number of nitrogens with zero attached hydrogens (tertiary/aromatic N) is 3. The van der Waals surface area contributed by atoms with Crippen LogP contribution in [-0.4, -0.2) is 22.2 Å². The summed E-state index contributed by atoms with van der Waals surface area (Å²) < 4.78 is 45.7. The molecule has 1 amide bonds. The minimum Gasteiger partial charge on any atom is -0.457 e. The quantitative estimate of drug-likeness (QED) is 0.637. The first-order chi connectivity index (χ1) is 14.3. The molecular formula is C21H17F3N4O2. The van der Waals surface area contributed by atoms with Crippen molar-refractivity contribution in [3.05, 3.63) is 53.7 Å². The highest BCUT2D eigenvalue weighted by Crippen LogP contribution is 2.50. The fourth-order valence-electron chi connectivity index (χ4n) is 3.53. The lowest BCUT2D eigenvalue weighted by atomic mass is 10.0. The van der Waals surface area contributed by atoms with Gasteiger partial charge >= 0.3 is 6.18 Å². The van der Waals surface area contributed by atoms with Gasteiger partial charge in [0.15, 0.2) is 0 Å². The van der Waals surface area contributed by atoms with E-state index in [0.29, 0.717) is 12.2 Å². The van der Waals surface area contributed by atoms with Crippen LogP contribution in [0.4, 0.5) is 13.2 Å². The Labute approximate surface area is 169 Å². The normalized spacial score (nSPS) is 18.1. The van der Waals surface area contributed by atoms with Crippen molar-refractivity contribution >= 4 is 16.8 Å². The molecule has 30 heavy (non-hydrogen) atoms. The number of ether oxygens (including phenoxy) is 1. The standard InChI is InChI=1S/C21H17F3N4O2/c1-28-11-12-8-15(30-14-4-2-13(3-5-14)21(22,23)24)9-17(19(12)27-28)16-10-18(16)20(29)26-7-6-25/h2-5,8-9,11,16,18H,7,10H2,1H3,(H,26,29)/t16-,18+/m0/s1. The Bertz CT molecular complexity index is 1150. The highest BCUT2D eigenvalue weighted by atomic mass is 19.4. The number of benzene rings is 2. The molecule has 4 rings (SSSR count). The van der Waals surface area contributed by atoms with Gasteiger partial charge in [-0.05, 0) is 54.3 Å². The van der Waals surface area contributed by atoms with Crippen LogP contribution in [0, 0.1) is 17.2 Å². The summed E-state index contributed by atoms with van der Waals surface area (Å²) in [4.78, 5) is 12.2. The molecule has 3 aromatic rings. The minimum atomic E-state index is -4.41. The number of carbonyl (C=O) groups is 1. The molecule has 6 nitrogen and oxygen atoms in total. The average molecular weight is 414 g/mol. The molecule has 1 saturated carbocycles. The van der Waals surface area contributed by atoms with Crippen LogP contribution in [0.5, 0.6) is 11.5 Å². The first kappa shape index (κ1) is 19.8. The topological polar surface area (TPSA) is 79.9 Å². The molecule has 0 aliphatic heterocycles. The van der Waals surface area contributed by atoms with Gasteiger partial charge < -0.3 is 10.1 Å². The molecule has 0 spiro atoms. The van der Waals surface area contributed by atoms with E-state index in [1.807, 2.05) is 12.3 Å². The third-order valence-corrected chi connectivity index (χ3v) is 5.01. The summed E-state index contributed by atoms with van der Waals surface area (Å²) in [6.45, 7) is -0.0435. The molecule has 1 aliphatic carbocycles. The number of aromatic nitrogens is 2. The molecule has 154 valence electrons. The van der Waals surface area contributed by atoms with E-state index in [0.717, 1.165) is 28.6 Å². The van der Waals surface area contributed by atoms with Gasteiger partial charge in [-0.3, -0.25) is 9.48 Å². The molecule has 1 aliphatic rings. The highest BCUT2D eigenvalue weighted by molar-refractivity contribution is 5.88. The fourth-order valence-corrected chi connectivity index (χ4v) is 3.53. The molecule has 1 heterocycles. The van der Waals surface area contributed by atoms with Crippen molar-refractivity contribution in [1.29, 1.82) is 5.26 Å². The monoisotopic (exact) mass is 414 g/mol. The lowest BCUT2D eigenvalue weighted by Gasteiger charge is -2.11. The smallest absolute Gasteiger partial charge is 0.416 e. The van der Waals surface area contributed by atoms with Crippen LogP contribution in [0.3, 0.4) is 0 Å². The molecule has 2 atom stereocenters. The van der Waals surface area contributed by atoms with Gasteiger partial charge in [0.2, 0.25) is 5.91 Å². The van der Waals surface area contributed by atoms with Crippen molar-refractivity contribution in [3.8, 4) is 17.6 Å². The summed E-state index contributed by atoms with van der Waals surface area (Å²) in [7, 11) is 1.78. The largest absolute Gasteiger partial charge is 0.457 e. The second kappa shape index (κ2) is 7.37. The molecule has 0 radical (unpaired) electrons. The van der Waals surface area contributed by atoms with Gasteiger partial charge in [0.1, 0.15) is 18.0 Å². The summed E-state index contributed by atoms with van der Waals surface area (Å²) in [5, 5.41) is 16.5. The second-order valence-electron chi connectivity index (χ2n) is 7.20. The SMILES string of the molecule is Cn1cc2cc(Oc3ccc(C(F)(F)F)cc3)cc([C@@H]3C[C@H]3C(=O)NCC#N)c2n1. The lowest BCUT2D eigenvalue weighted by Crippen LogP contribution is -2.25. The first-order valence-corrected chi connectivity index (χ1v) is 9.23. The number of carbonyl (C=O) groups excluding carboxylic acids is 1. The van der Waals surface area contributed by atoms with Crippen LogP contribution in [-0.2, 0) is 18.0 Å². The zero-order valence-corrected chi connectivity index (χ0v) is 15.9. The highest BCUT2D eigenvalue weighted by Gasteiger charge is 2.45. The maximum absolute atomic E-state index is 12.8. The van der Waals surface area contributed by atoms with Gasteiger partial charge in [0, 0.05) is 24.5 Å². The first-order valence-electron chi connectivity index (χ1n) is 9.23. The fraction of sp³-hybridized carbons (Fsp3) is 0.286. The van der Waals surface area contributed by atoms with Gasteiger partial charge in [-0.15, -0.1) is 0 Å². The van der Waals surface area contributed by atoms with E-state index in [1.54, 1.807) is 23.9 Å². The van der Waals surface area contributed by atoms with Crippen molar-refractivity contribution in [1.82, 2.24) is 15.1 Å². The second-order valence-corrected chi connectivity index (χ2v) is 7.20. The zero-order chi connectivity index (χ0) is 21.5. The summed E-state index contributed by atoms with van der Waals surface area (Å²) in [5.41, 5.74) is 0.840. The molecule has 0 bridgehead atoms. The Morgan fingerprint density at radius 2 is 2.03 bits per heavy atom. The minimum absolute atomic E-state index is 0.0435. The number of nitriles is 1. The van der Waals surface area contributed by atoms with Gasteiger partial charge in [-0.2, -0.15) is 23.5 Å². The van der Waals surface area contributed by atoms with Crippen LogP contribution in [0.2, 0.25) is 0 Å². The third-order valence-electron chi connectivity index (χ3n) is 5.01. The van der Waals surface area contributed by atoms with E-state index in [-0.39, 0.29) is 30.0 Å². The van der Waals surface area contributed by atoms with E-state index in [4.69, 9.17) is 10.00 Å². The van der Waals surface area contributed by atoms with E-state index < -0.39 is 11.7 Å². The Morgan fingerprint density at radius 1 is 1.30 bits per heavy atom. The van der Waals surface area contributed by atoms with Gasteiger partial charge in [0.25, 0.3) is 0 Å². The van der Waals surface area contributed by atoms with Crippen LogP contribution in [0.25, 0.3) is 10.9 Å². The van der Waals surface area contributed by atoms with Crippen LogP contribution in [0.1, 0.15) is 23.5 Å².